The van der Waals surface area contributed by atoms with Crippen molar-refractivity contribution in [3.05, 3.63) is 107 Å². The molecule has 2 amide bonds. The van der Waals surface area contributed by atoms with Crippen LogP contribution < -0.4 is 4.74 Å². The van der Waals surface area contributed by atoms with E-state index < -0.39 is 29.8 Å². The van der Waals surface area contributed by atoms with E-state index in [1.54, 1.807) is 15.8 Å². The second-order valence-electron chi connectivity index (χ2n) is 12.6. The zero-order chi connectivity index (χ0) is 33.4. The first-order valence-electron chi connectivity index (χ1n) is 15.9. The Kier molecular flexibility index (Phi) is 8.65. The summed E-state index contributed by atoms with van der Waals surface area (Å²) in [7, 11) is 0. The summed E-state index contributed by atoms with van der Waals surface area (Å²) in [6.45, 7) is 4.37. The molecule has 3 atom stereocenters. The lowest BCUT2D eigenvalue weighted by Crippen LogP contribution is -2.61. The Morgan fingerprint density at radius 2 is 1.75 bits per heavy atom. The molecule has 10 nitrogen and oxygen atoms in total. The van der Waals surface area contributed by atoms with Gasteiger partial charge in [0, 0.05) is 39.1 Å². The molecule has 0 bridgehead atoms. The molecule has 0 unspecified atom stereocenters. The van der Waals surface area contributed by atoms with Gasteiger partial charge in [0.2, 0.25) is 5.91 Å². The standard InChI is InChI=1S/C35H35F3N6O4/c1-23-7-10-27(11-8-23)44-18-26(39-40-44)21-47-29-16-31-34(46)42-14-13-41(17-24-5-3-2-4-6-24)19-28(42)22-48-32-12-9-25(35(36,37)38)15-30(32)33(45)43(31)20-29/h2-12,15,18,28-29,31H,13-14,16-17,19-22H2,1H3/t28-,29+,31-/m0/s1. The summed E-state index contributed by atoms with van der Waals surface area (Å²) in [6, 6.07) is 19.4. The van der Waals surface area contributed by atoms with Crippen molar-refractivity contribution in [3.8, 4) is 11.4 Å². The molecule has 2 saturated heterocycles. The number of fused-ring (bicyclic) bond motifs is 3. The topological polar surface area (TPSA) is 93.0 Å². The quantitative estimate of drug-likeness (QED) is 0.301. The first-order valence-corrected chi connectivity index (χ1v) is 15.9. The van der Waals surface area contributed by atoms with Gasteiger partial charge >= 0.3 is 6.18 Å². The van der Waals surface area contributed by atoms with Crippen LogP contribution in [-0.2, 0) is 28.9 Å². The van der Waals surface area contributed by atoms with Crippen molar-refractivity contribution >= 4 is 11.8 Å². The van der Waals surface area contributed by atoms with Crippen molar-refractivity contribution in [1.82, 2.24) is 29.7 Å². The predicted molar refractivity (Wildman–Crippen MR) is 168 cm³/mol. The Hall–Kier alpha value is -4.75. The van der Waals surface area contributed by atoms with E-state index in [0.29, 0.717) is 31.9 Å². The smallest absolute Gasteiger partial charge is 0.416 e. The van der Waals surface area contributed by atoms with E-state index in [9.17, 15) is 22.8 Å². The van der Waals surface area contributed by atoms with Crippen molar-refractivity contribution in [2.45, 2.75) is 50.9 Å². The molecule has 4 aromatic rings. The van der Waals surface area contributed by atoms with Crippen molar-refractivity contribution in [3.63, 3.8) is 0 Å². The monoisotopic (exact) mass is 660 g/mol. The second kappa shape index (κ2) is 13.0. The van der Waals surface area contributed by atoms with E-state index >= 15 is 0 Å². The number of aryl methyl sites for hydroxylation is 1. The van der Waals surface area contributed by atoms with Gasteiger partial charge in [0.05, 0.1) is 41.8 Å². The molecule has 3 aliphatic heterocycles. The van der Waals surface area contributed by atoms with E-state index in [-0.39, 0.29) is 49.4 Å². The minimum atomic E-state index is -4.66. The number of aromatic nitrogens is 3. The van der Waals surface area contributed by atoms with Crippen LogP contribution in [-0.4, -0.2) is 92.5 Å². The van der Waals surface area contributed by atoms with Gasteiger partial charge in [-0.2, -0.15) is 13.2 Å². The molecule has 4 heterocycles. The molecular formula is C35H35F3N6O4. The van der Waals surface area contributed by atoms with E-state index in [2.05, 4.69) is 15.2 Å². The molecule has 0 aliphatic carbocycles. The highest BCUT2D eigenvalue weighted by atomic mass is 19.4. The maximum absolute atomic E-state index is 14.2. The van der Waals surface area contributed by atoms with E-state index in [0.717, 1.165) is 28.9 Å². The zero-order valence-corrected chi connectivity index (χ0v) is 26.3. The summed E-state index contributed by atoms with van der Waals surface area (Å²) in [4.78, 5) is 33.6. The van der Waals surface area contributed by atoms with Gasteiger partial charge in [-0.05, 0) is 42.8 Å². The highest BCUT2D eigenvalue weighted by Crippen LogP contribution is 2.36. The number of amides is 2. The van der Waals surface area contributed by atoms with Gasteiger partial charge in [0.1, 0.15) is 24.1 Å². The summed E-state index contributed by atoms with van der Waals surface area (Å²) < 4.78 is 55.2. The van der Waals surface area contributed by atoms with Gasteiger partial charge in [0.15, 0.2) is 0 Å². The Morgan fingerprint density at radius 3 is 2.52 bits per heavy atom. The largest absolute Gasteiger partial charge is 0.491 e. The molecule has 0 N–H and O–H groups in total. The molecule has 0 radical (unpaired) electrons. The van der Waals surface area contributed by atoms with Crippen molar-refractivity contribution in [2.24, 2.45) is 0 Å². The number of rotatable bonds is 6. The fraction of sp³-hybridized carbons (Fsp3) is 0.371. The number of ether oxygens (including phenoxy) is 2. The fourth-order valence-corrected chi connectivity index (χ4v) is 6.64. The van der Waals surface area contributed by atoms with Crippen LogP contribution in [0.4, 0.5) is 13.2 Å². The van der Waals surface area contributed by atoms with E-state index in [4.69, 9.17) is 9.47 Å². The van der Waals surface area contributed by atoms with Gasteiger partial charge in [0.25, 0.3) is 5.91 Å². The highest BCUT2D eigenvalue weighted by molar-refractivity contribution is 6.00. The summed E-state index contributed by atoms with van der Waals surface area (Å²) in [6.07, 6.45) is -3.27. The number of carbonyl (C=O) groups is 2. The molecule has 250 valence electrons. The van der Waals surface area contributed by atoms with Gasteiger partial charge in [-0.3, -0.25) is 14.5 Å². The van der Waals surface area contributed by atoms with Crippen LogP contribution in [0.1, 0.15) is 39.2 Å². The fourth-order valence-electron chi connectivity index (χ4n) is 6.64. The summed E-state index contributed by atoms with van der Waals surface area (Å²) in [5.41, 5.74) is 2.46. The lowest BCUT2D eigenvalue weighted by molar-refractivity contribution is -0.142. The number of halogens is 3. The van der Waals surface area contributed by atoms with Crippen molar-refractivity contribution in [2.75, 3.05) is 32.8 Å². The predicted octanol–water partition coefficient (Wildman–Crippen LogP) is 4.50. The molecular weight excluding hydrogens is 625 g/mol. The maximum atomic E-state index is 14.2. The normalized spacial score (nSPS) is 21.8. The van der Waals surface area contributed by atoms with Crippen LogP contribution in [0.15, 0.2) is 79.0 Å². The van der Waals surface area contributed by atoms with Crippen LogP contribution in [0.5, 0.6) is 5.75 Å². The number of nitrogens with zero attached hydrogens (tertiary/aromatic N) is 6. The third-order valence-electron chi connectivity index (χ3n) is 9.18. The third-order valence-corrected chi connectivity index (χ3v) is 9.18. The van der Waals surface area contributed by atoms with Crippen LogP contribution in [0.25, 0.3) is 5.69 Å². The van der Waals surface area contributed by atoms with Crippen molar-refractivity contribution < 1.29 is 32.2 Å². The minimum absolute atomic E-state index is 0.0235. The Bertz CT molecular complexity index is 1780. The minimum Gasteiger partial charge on any atom is -0.491 e. The second-order valence-corrected chi connectivity index (χ2v) is 12.6. The van der Waals surface area contributed by atoms with E-state index in [1.165, 1.54) is 11.0 Å². The van der Waals surface area contributed by atoms with Crippen LogP contribution >= 0.6 is 0 Å². The molecule has 3 aromatic carbocycles. The van der Waals surface area contributed by atoms with Crippen LogP contribution in [0, 0.1) is 6.92 Å². The average Bonchev–Trinajstić information content (AvgIpc) is 3.74. The van der Waals surface area contributed by atoms with E-state index in [1.807, 2.05) is 61.5 Å². The Morgan fingerprint density at radius 1 is 0.958 bits per heavy atom. The molecule has 7 rings (SSSR count). The average molecular weight is 661 g/mol. The summed E-state index contributed by atoms with van der Waals surface area (Å²) >= 11 is 0. The Labute approximate surface area is 275 Å². The zero-order valence-electron chi connectivity index (χ0n) is 26.3. The Balaban J connectivity index is 1.14. The summed E-state index contributed by atoms with van der Waals surface area (Å²) in [5.74, 6) is -0.909. The lowest BCUT2D eigenvalue weighted by atomic mass is 10.0. The van der Waals surface area contributed by atoms with Crippen LogP contribution in [0.3, 0.4) is 0 Å². The van der Waals surface area contributed by atoms with Gasteiger partial charge < -0.3 is 19.3 Å². The molecule has 2 fully saturated rings. The number of benzene rings is 3. The highest BCUT2D eigenvalue weighted by Gasteiger charge is 2.46. The third kappa shape index (κ3) is 6.65. The van der Waals surface area contributed by atoms with Gasteiger partial charge in [-0.15, -0.1) is 5.10 Å². The maximum Gasteiger partial charge on any atom is 0.416 e. The number of hydrogen-bond acceptors (Lipinski definition) is 7. The van der Waals surface area contributed by atoms with Crippen molar-refractivity contribution in [1.29, 1.82) is 0 Å². The van der Waals surface area contributed by atoms with Gasteiger partial charge in [-0.25, -0.2) is 4.68 Å². The first kappa shape index (κ1) is 31.8. The van der Waals surface area contributed by atoms with Gasteiger partial charge in [-0.1, -0.05) is 53.2 Å². The number of hydrogen-bond donors (Lipinski definition) is 0. The first-order chi connectivity index (χ1) is 23.1. The number of piperazine rings is 1. The molecule has 48 heavy (non-hydrogen) atoms. The lowest BCUT2D eigenvalue weighted by Gasteiger charge is -2.43. The number of carbonyl (C=O) groups excluding carboxylic acids is 2. The molecule has 3 aliphatic rings. The SMILES string of the molecule is Cc1ccc(-n2cc(CO[C@@H]3C[C@H]4C(=O)N5CCN(Cc6ccccc6)C[C@H]5COc5ccc(C(F)(F)F)cc5C(=O)N4C3)nn2)cc1. The number of alkyl halides is 3. The molecule has 1 aromatic heterocycles. The molecule has 0 spiro atoms. The van der Waals surface area contributed by atoms with Crippen LogP contribution in [0.2, 0.25) is 0 Å². The molecule has 0 saturated carbocycles. The molecule has 13 heteroatoms. The summed E-state index contributed by atoms with van der Waals surface area (Å²) in [5, 5.41) is 8.39.